The molecule has 0 saturated carbocycles. The number of hydrazone groups is 1. The second-order valence-corrected chi connectivity index (χ2v) is 7.45. The lowest BCUT2D eigenvalue weighted by Gasteiger charge is -2.11. The Bertz CT molecular complexity index is 1030. The normalized spacial score (nSPS) is 13.8. The molecule has 1 aromatic heterocycles. The number of aromatic nitrogens is 1. The van der Waals surface area contributed by atoms with Gasteiger partial charge < -0.3 is 9.72 Å². The van der Waals surface area contributed by atoms with E-state index in [1.165, 1.54) is 24.1 Å². The Balaban J connectivity index is 1.51. The van der Waals surface area contributed by atoms with Crippen molar-refractivity contribution in [3.05, 3.63) is 64.8 Å². The van der Waals surface area contributed by atoms with Crippen molar-refractivity contribution in [1.29, 1.82) is 0 Å². The molecule has 3 aromatic rings. The number of para-hydroxylation sites is 1. The van der Waals surface area contributed by atoms with Crippen molar-refractivity contribution in [3.8, 4) is 5.75 Å². The highest BCUT2D eigenvalue weighted by molar-refractivity contribution is 5.99. The Kier molecular flexibility index (Phi) is 5.15. The van der Waals surface area contributed by atoms with Gasteiger partial charge in [-0.3, -0.25) is 4.79 Å². The van der Waals surface area contributed by atoms with Crippen molar-refractivity contribution >= 4 is 23.0 Å². The van der Waals surface area contributed by atoms with Crippen molar-refractivity contribution in [1.82, 2.24) is 10.4 Å². The van der Waals surface area contributed by atoms with Crippen molar-refractivity contribution in [2.24, 2.45) is 5.10 Å². The Morgan fingerprint density at radius 1 is 1.18 bits per heavy atom. The molecule has 1 heterocycles. The van der Waals surface area contributed by atoms with E-state index >= 15 is 0 Å². The van der Waals surface area contributed by atoms with Crippen LogP contribution in [0.1, 0.15) is 53.9 Å². The number of carbonyl (C=O) groups excluding carboxylic acids is 1. The monoisotopic (exact) mass is 375 g/mol. The number of rotatable bonds is 5. The first-order valence-corrected chi connectivity index (χ1v) is 9.84. The zero-order valence-electron chi connectivity index (χ0n) is 16.3. The van der Waals surface area contributed by atoms with Crippen LogP contribution in [0.4, 0.5) is 0 Å². The van der Waals surface area contributed by atoms with E-state index in [4.69, 9.17) is 4.74 Å². The van der Waals surface area contributed by atoms with Gasteiger partial charge in [0.2, 0.25) is 0 Å². The van der Waals surface area contributed by atoms with Crippen LogP contribution in [-0.4, -0.2) is 23.2 Å². The molecule has 0 aliphatic heterocycles. The number of amides is 1. The van der Waals surface area contributed by atoms with Gasteiger partial charge in [0.05, 0.1) is 12.3 Å². The Morgan fingerprint density at radius 3 is 2.86 bits per heavy atom. The smallest absolute Gasteiger partial charge is 0.271 e. The summed E-state index contributed by atoms with van der Waals surface area (Å²) in [5.41, 5.74) is 7.85. The van der Waals surface area contributed by atoms with E-state index in [1.807, 2.05) is 56.3 Å². The molecule has 144 valence electrons. The molecule has 4 rings (SSSR count). The van der Waals surface area contributed by atoms with E-state index in [2.05, 4.69) is 15.5 Å². The fourth-order valence-electron chi connectivity index (χ4n) is 3.72. The molecule has 5 heteroatoms. The molecule has 28 heavy (non-hydrogen) atoms. The van der Waals surface area contributed by atoms with Gasteiger partial charge in [-0.2, -0.15) is 5.10 Å². The minimum Gasteiger partial charge on any atom is -0.490 e. The average Bonchev–Trinajstić information content (AvgIpc) is 3.06. The van der Waals surface area contributed by atoms with E-state index in [0.717, 1.165) is 35.1 Å². The third kappa shape index (κ3) is 3.79. The van der Waals surface area contributed by atoms with Crippen molar-refractivity contribution in [3.63, 3.8) is 0 Å². The van der Waals surface area contributed by atoms with E-state index < -0.39 is 0 Å². The number of ether oxygens (including phenoxy) is 1. The van der Waals surface area contributed by atoms with Crippen LogP contribution in [0.25, 0.3) is 10.9 Å². The molecule has 0 atom stereocenters. The minimum absolute atomic E-state index is 0.0724. The number of nitrogens with one attached hydrogen (secondary N) is 2. The maximum Gasteiger partial charge on any atom is 0.271 e. The summed E-state index contributed by atoms with van der Waals surface area (Å²) < 4.78 is 5.77. The molecule has 2 N–H and O–H groups in total. The SMILES string of the molecule is CC(C)Oc1ccccc1/C=N/NC(=O)c1ccc2[nH]c3c(c2c1)CCCC3. The number of hydrogen-bond acceptors (Lipinski definition) is 3. The lowest BCUT2D eigenvalue weighted by Crippen LogP contribution is -2.17. The lowest BCUT2D eigenvalue weighted by molar-refractivity contribution is 0.0955. The highest BCUT2D eigenvalue weighted by Crippen LogP contribution is 2.29. The Hall–Kier alpha value is -3.08. The van der Waals surface area contributed by atoms with Crippen molar-refractivity contribution < 1.29 is 9.53 Å². The molecule has 0 spiro atoms. The van der Waals surface area contributed by atoms with E-state index in [9.17, 15) is 4.79 Å². The van der Waals surface area contributed by atoms with Gasteiger partial charge in [0.15, 0.2) is 0 Å². The summed E-state index contributed by atoms with van der Waals surface area (Å²) in [6.45, 7) is 3.96. The predicted molar refractivity (Wildman–Crippen MR) is 112 cm³/mol. The summed E-state index contributed by atoms with van der Waals surface area (Å²) in [4.78, 5) is 16.1. The molecule has 0 saturated heterocycles. The second-order valence-electron chi connectivity index (χ2n) is 7.45. The molecule has 0 unspecified atom stereocenters. The summed E-state index contributed by atoms with van der Waals surface area (Å²) in [6, 6.07) is 13.4. The van der Waals surface area contributed by atoms with Crippen LogP contribution in [0.2, 0.25) is 0 Å². The van der Waals surface area contributed by atoms with Crippen LogP contribution >= 0.6 is 0 Å². The molecule has 2 aromatic carbocycles. The van der Waals surface area contributed by atoms with Gasteiger partial charge in [-0.15, -0.1) is 0 Å². The van der Waals surface area contributed by atoms with Gasteiger partial charge in [0, 0.05) is 27.7 Å². The third-order valence-electron chi connectivity index (χ3n) is 5.01. The fourth-order valence-corrected chi connectivity index (χ4v) is 3.72. The van der Waals surface area contributed by atoms with E-state index in [-0.39, 0.29) is 12.0 Å². The molecule has 0 radical (unpaired) electrons. The Morgan fingerprint density at radius 2 is 2.00 bits per heavy atom. The zero-order chi connectivity index (χ0) is 19.5. The zero-order valence-corrected chi connectivity index (χ0v) is 16.3. The average molecular weight is 375 g/mol. The molecule has 5 nitrogen and oxygen atoms in total. The number of benzene rings is 2. The lowest BCUT2D eigenvalue weighted by atomic mass is 9.95. The van der Waals surface area contributed by atoms with Crippen molar-refractivity contribution in [2.45, 2.75) is 45.6 Å². The molecule has 0 fully saturated rings. The summed E-state index contributed by atoms with van der Waals surface area (Å²) in [6.07, 6.45) is 6.29. The number of aromatic amines is 1. The Labute approximate surface area is 164 Å². The summed E-state index contributed by atoms with van der Waals surface area (Å²) in [7, 11) is 0. The summed E-state index contributed by atoms with van der Waals surface area (Å²) >= 11 is 0. The molecular weight excluding hydrogens is 350 g/mol. The molecule has 1 amide bonds. The van der Waals surface area contributed by atoms with E-state index in [1.54, 1.807) is 6.21 Å². The van der Waals surface area contributed by atoms with Crippen LogP contribution < -0.4 is 10.2 Å². The van der Waals surface area contributed by atoms with Gasteiger partial charge >= 0.3 is 0 Å². The highest BCUT2D eigenvalue weighted by Gasteiger charge is 2.16. The number of H-pyrrole nitrogens is 1. The number of carbonyl (C=O) groups is 1. The standard InChI is InChI=1S/C23H25N3O2/c1-15(2)28-22-10-6-3-7-17(22)14-24-26-23(27)16-11-12-21-19(13-16)18-8-4-5-9-20(18)25-21/h3,6-7,10-15,25H,4-5,8-9H2,1-2H3,(H,26,27)/b24-14+. The fraction of sp³-hybridized carbons (Fsp3) is 0.304. The summed E-state index contributed by atoms with van der Waals surface area (Å²) in [5.74, 6) is 0.530. The molecule has 0 bridgehead atoms. The van der Waals surface area contributed by atoms with Gasteiger partial charge in [-0.25, -0.2) is 5.43 Å². The van der Waals surface area contributed by atoms with Gasteiger partial charge in [0.1, 0.15) is 5.75 Å². The van der Waals surface area contributed by atoms with Gasteiger partial charge in [-0.1, -0.05) is 12.1 Å². The first-order chi connectivity index (χ1) is 13.6. The first kappa shape index (κ1) is 18.3. The van der Waals surface area contributed by atoms with E-state index in [0.29, 0.717) is 5.56 Å². The number of aryl methyl sites for hydroxylation is 2. The van der Waals surface area contributed by atoms with Crippen LogP contribution in [-0.2, 0) is 12.8 Å². The second kappa shape index (κ2) is 7.89. The number of nitrogens with zero attached hydrogens (tertiary/aromatic N) is 1. The number of fused-ring (bicyclic) bond motifs is 3. The largest absolute Gasteiger partial charge is 0.490 e. The van der Waals surface area contributed by atoms with Crippen LogP contribution in [0.5, 0.6) is 5.75 Å². The van der Waals surface area contributed by atoms with Crippen LogP contribution in [0.3, 0.4) is 0 Å². The number of hydrogen-bond donors (Lipinski definition) is 2. The molecule has 1 aliphatic carbocycles. The predicted octanol–water partition coefficient (Wildman–Crippen LogP) is 4.60. The topological polar surface area (TPSA) is 66.5 Å². The third-order valence-corrected chi connectivity index (χ3v) is 5.01. The van der Waals surface area contributed by atoms with Gasteiger partial charge in [-0.05, 0) is 75.4 Å². The molecule has 1 aliphatic rings. The summed E-state index contributed by atoms with van der Waals surface area (Å²) in [5, 5.41) is 5.28. The van der Waals surface area contributed by atoms with Crippen LogP contribution in [0, 0.1) is 0 Å². The quantitative estimate of drug-likeness (QED) is 0.506. The van der Waals surface area contributed by atoms with Crippen molar-refractivity contribution in [2.75, 3.05) is 0 Å². The van der Waals surface area contributed by atoms with Gasteiger partial charge in [0.25, 0.3) is 5.91 Å². The maximum absolute atomic E-state index is 12.6. The maximum atomic E-state index is 12.6. The minimum atomic E-state index is -0.217. The first-order valence-electron chi connectivity index (χ1n) is 9.84. The van der Waals surface area contributed by atoms with Crippen LogP contribution in [0.15, 0.2) is 47.6 Å². The highest BCUT2D eigenvalue weighted by atomic mass is 16.5. The molecular formula is C23H25N3O2.